The maximum absolute atomic E-state index is 12.3. The molecule has 2 aromatic rings. The molecule has 4 nitrogen and oxygen atoms in total. The van der Waals surface area contributed by atoms with Gasteiger partial charge in [0.25, 0.3) is 5.91 Å². The van der Waals surface area contributed by atoms with Gasteiger partial charge < -0.3 is 15.4 Å². The molecule has 0 saturated carbocycles. The molecule has 0 unspecified atom stereocenters. The lowest BCUT2D eigenvalue weighted by Gasteiger charge is -2.23. The lowest BCUT2D eigenvalue weighted by atomic mass is 9.91. The number of nitrogens with one attached hydrogen (secondary N) is 2. The van der Waals surface area contributed by atoms with Crippen molar-refractivity contribution < 1.29 is 18.3 Å². The molecule has 0 radical (unpaired) electrons. The number of halogens is 2. The smallest absolute Gasteiger partial charge is 0.387 e. The minimum Gasteiger partial charge on any atom is -0.435 e. The summed E-state index contributed by atoms with van der Waals surface area (Å²) in [5.41, 5.74) is 2.52. The summed E-state index contributed by atoms with van der Waals surface area (Å²) in [5.74, 6) is 0.383. The average Bonchev–Trinajstić information content (AvgIpc) is 2.67. The largest absolute Gasteiger partial charge is 0.435 e. The Morgan fingerprint density at radius 1 is 1.23 bits per heavy atom. The Bertz CT molecular complexity index is 729. The van der Waals surface area contributed by atoms with Crippen molar-refractivity contribution in [1.29, 1.82) is 0 Å². The van der Waals surface area contributed by atoms with Gasteiger partial charge in [-0.25, -0.2) is 0 Å². The summed E-state index contributed by atoms with van der Waals surface area (Å²) >= 11 is 0. The number of hydrogen-bond acceptors (Lipinski definition) is 3. The summed E-state index contributed by atoms with van der Waals surface area (Å²) in [7, 11) is 0. The highest BCUT2D eigenvalue weighted by Crippen LogP contribution is 2.23. The molecule has 2 aromatic carbocycles. The van der Waals surface area contributed by atoms with E-state index in [0.717, 1.165) is 19.5 Å². The Hall–Kier alpha value is -2.47. The highest BCUT2D eigenvalue weighted by molar-refractivity contribution is 5.94. The van der Waals surface area contributed by atoms with Gasteiger partial charge in [-0.1, -0.05) is 24.3 Å². The van der Waals surface area contributed by atoms with Crippen LogP contribution in [0.25, 0.3) is 0 Å². The highest BCUT2D eigenvalue weighted by Gasteiger charge is 2.15. The monoisotopic (exact) mass is 360 g/mol. The lowest BCUT2D eigenvalue weighted by Crippen LogP contribution is -2.28. The van der Waals surface area contributed by atoms with Crippen molar-refractivity contribution in [2.75, 3.05) is 13.1 Å². The Balaban J connectivity index is 1.56. The van der Waals surface area contributed by atoms with Crippen molar-refractivity contribution in [3.05, 3.63) is 65.2 Å². The second-order valence-corrected chi connectivity index (χ2v) is 6.37. The number of carbonyl (C=O) groups excluding carboxylic acids is 1. The molecule has 1 heterocycles. The molecule has 6 heteroatoms. The van der Waals surface area contributed by atoms with Crippen LogP contribution < -0.4 is 15.4 Å². The number of amides is 1. The van der Waals surface area contributed by atoms with Crippen molar-refractivity contribution in [3.63, 3.8) is 0 Å². The second kappa shape index (κ2) is 8.76. The molecule has 2 N–H and O–H groups in total. The Kier molecular flexibility index (Phi) is 6.17. The molecule has 0 aromatic heterocycles. The predicted molar refractivity (Wildman–Crippen MR) is 95.5 cm³/mol. The van der Waals surface area contributed by atoms with E-state index in [1.807, 2.05) is 24.3 Å². The molecule has 26 heavy (non-hydrogen) atoms. The number of rotatable bonds is 6. The first-order valence-corrected chi connectivity index (χ1v) is 8.74. The molecule has 1 saturated heterocycles. The zero-order valence-electron chi connectivity index (χ0n) is 14.4. The molecule has 0 aliphatic carbocycles. The van der Waals surface area contributed by atoms with Crippen LogP contribution in [0, 0.1) is 0 Å². The fraction of sp³-hybridized carbons (Fsp3) is 0.350. The summed E-state index contributed by atoms with van der Waals surface area (Å²) < 4.78 is 28.9. The number of alkyl halides is 2. The van der Waals surface area contributed by atoms with Crippen LogP contribution in [-0.4, -0.2) is 25.6 Å². The number of piperidine rings is 1. The highest BCUT2D eigenvalue weighted by atomic mass is 19.3. The molecule has 1 aliphatic rings. The predicted octanol–water partition coefficient (Wildman–Crippen LogP) is 3.69. The summed E-state index contributed by atoms with van der Waals surface area (Å²) in [5, 5.41) is 6.19. The van der Waals surface area contributed by atoms with E-state index in [-0.39, 0.29) is 18.2 Å². The summed E-state index contributed by atoms with van der Waals surface area (Å²) in [6.07, 6.45) is 2.33. The number of ether oxygens (including phenoxy) is 1. The van der Waals surface area contributed by atoms with Crippen LogP contribution in [0.3, 0.4) is 0 Å². The van der Waals surface area contributed by atoms with E-state index in [1.54, 1.807) is 12.1 Å². The Morgan fingerprint density at radius 3 is 2.73 bits per heavy atom. The first kappa shape index (κ1) is 18.3. The van der Waals surface area contributed by atoms with Crippen LogP contribution >= 0.6 is 0 Å². The third-order valence-electron chi connectivity index (χ3n) is 4.52. The van der Waals surface area contributed by atoms with Gasteiger partial charge in [0, 0.05) is 18.7 Å². The van der Waals surface area contributed by atoms with Crippen molar-refractivity contribution in [2.45, 2.75) is 31.9 Å². The van der Waals surface area contributed by atoms with E-state index in [2.05, 4.69) is 15.4 Å². The van der Waals surface area contributed by atoms with Crippen molar-refractivity contribution in [3.8, 4) is 5.75 Å². The topological polar surface area (TPSA) is 50.4 Å². The van der Waals surface area contributed by atoms with Gasteiger partial charge in [-0.3, -0.25) is 4.79 Å². The van der Waals surface area contributed by atoms with Crippen LogP contribution in [0.5, 0.6) is 5.75 Å². The fourth-order valence-electron chi connectivity index (χ4n) is 3.16. The van der Waals surface area contributed by atoms with Gasteiger partial charge in [-0.2, -0.15) is 8.78 Å². The molecule has 0 spiro atoms. The molecule has 138 valence electrons. The van der Waals surface area contributed by atoms with Gasteiger partial charge in [-0.05, 0) is 60.7 Å². The quantitative estimate of drug-likeness (QED) is 0.826. The summed E-state index contributed by atoms with van der Waals surface area (Å²) in [4.78, 5) is 12.3. The van der Waals surface area contributed by atoms with Gasteiger partial charge in [0.15, 0.2) is 0 Å². The van der Waals surface area contributed by atoms with Crippen LogP contribution in [0.15, 0.2) is 48.5 Å². The van der Waals surface area contributed by atoms with E-state index >= 15 is 0 Å². The zero-order chi connectivity index (χ0) is 18.4. The first-order chi connectivity index (χ1) is 12.6. The normalized spacial score (nSPS) is 17.1. The average molecular weight is 360 g/mol. The van der Waals surface area contributed by atoms with E-state index in [4.69, 9.17) is 0 Å². The number of hydrogen-bond donors (Lipinski definition) is 2. The Labute approximate surface area is 151 Å². The van der Waals surface area contributed by atoms with Crippen LogP contribution in [0.1, 0.15) is 40.2 Å². The number of benzene rings is 2. The molecule has 0 bridgehead atoms. The van der Waals surface area contributed by atoms with Crippen LogP contribution in [-0.2, 0) is 6.54 Å². The van der Waals surface area contributed by atoms with Gasteiger partial charge in [-0.15, -0.1) is 0 Å². The zero-order valence-corrected chi connectivity index (χ0v) is 14.4. The van der Waals surface area contributed by atoms with Gasteiger partial charge in [0.1, 0.15) is 5.75 Å². The van der Waals surface area contributed by atoms with E-state index in [9.17, 15) is 13.6 Å². The molecule has 1 atom stereocenters. The molecule has 1 amide bonds. The SMILES string of the molecule is O=C(NCc1cccc(OC(F)F)c1)c1ccc([C@@H]2CCCNC2)cc1. The number of carbonyl (C=O) groups is 1. The fourth-order valence-corrected chi connectivity index (χ4v) is 3.16. The minimum absolute atomic E-state index is 0.0807. The van der Waals surface area contributed by atoms with E-state index < -0.39 is 6.61 Å². The third kappa shape index (κ3) is 5.02. The molecular formula is C20H22F2N2O2. The molecule has 3 rings (SSSR count). The first-order valence-electron chi connectivity index (χ1n) is 8.74. The second-order valence-electron chi connectivity index (χ2n) is 6.37. The maximum Gasteiger partial charge on any atom is 0.387 e. The van der Waals surface area contributed by atoms with Crippen LogP contribution in [0.2, 0.25) is 0 Å². The van der Waals surface area contributed by atoms with Crippen LogP contribution in [0.4, 0.5) is 8.78 Å². The molecule has 1 fully saturated rings. The third-order valence-corrected chi connectivity index (χ3v) is 4.52. The molecule has 1 aliphatic heterocycles. The summed E-state index contributed by atoms with van der Waals surface area (Å²) in [6.45, 7) is -0.575. The van der Waals surface area contributed by atoms with Crippen molar-refractivity contribution in [2.24, 2.45) is 0 Å². The van der Waals surface area contributed by atoms with Gasteiger partial charge in [0.2, 0.25) is 0 Å². The van der Waals surface area contributed by atoms with Crippen molar-refractivity contribution >= 4 is 5.91 Å². The maximum atomic E-state index is 12.3. The lowest BCUT2D eigenvalue weighted by molar-refractivity contribution is -0.0498. The molecular weight excluding hydrogens is 338 g/mol. The van der Waals surface area contributed by atoms with Crippen molar-refractivity contribution in [1.82, 2.24) is 10.6 Å². The summed E-state index contributed by atoms with van der Waals surface area (Å²) in [6, 6.07) is 14.0. The van der Waals surface area contributed by atoms with Gasteiger partial charge in [0.05, 0.1) is 0 Å². The van der Waals surface area contributed by atoms with E-state index in [1.165, 1.54) is 24.1 Å². The van der Waals surface area contributed by atoms with Gasteiger partial charge >= 0.3 is 6.61 Å². The minimum atomic E-state index is -2.86. The standard InChI is InChI=1S/C20H22F2N2O2/c21-20(22)26-18-5-1-3-14(11-18)12-24-19(25)16-8-6-15(7-9-16)17-4-2-10-23-13-17/h1,3,5-9,11,17,20,23H,2,4,10,12-13H2,(H,24,25)/t17-/m1/s1. The Morgan fingerprint density at radius 2 is 2.04 bits per heavy atom. The van der Waals surface area contributed by atoms with E-state index in [0.29, 0.717) is 17.0 Å².